The predicted octanol–water partition coefficient (Wildman–Crippen LogP) is 3.70. The molecule has 1 aromatic carbocycles. The Morgan fingerprint density at radius 1 is 1.35 bits per heavy atom. The molecule has 0 fully saturated rings. The summed E-state index contributed by atoms with van der Waals surface area (Å²) in [5, 5.41) is 5.23. The van der Waals surface area contributed by atoms with Crippen molar-refractivity contribution in [1.82, 2.24) is 9.78 Å². The third-order valence-electron chi connectivity index (χ3n) is 3.06. The lowest BCUT2D eigenvalue weighted by atomic mass is 10.1. The Kier molecular flexibility index (Phi) is 4.35. The average molecular weight is 313 g/mol. The predicted molar refractivity (Wildman–Crippen MR) is 79.0 cm³/mol. The van der Waals surface area contributed by atoms with Gasteiger partial charge in [-0.15, -0.1) is 0 Å². The molecular weight excluding hydrogens is 299 g/mol. The molecule has 0 amide bonds. The molecule has 2 aromatic rings. The summed E-state index contributed by atoms with van der Waals surface area (Å²) in [6.45, 7) is 3.76. The second-order valence-corrected chi connectivity index (χ2v) is 5.20. The van der Waals surface area contributed by atoms with E-state index in [1.165, 1.54) is 7.11 Å². The maximum atomic E-state index is 12.2. The first kappa shape index (κ1) is 14.9. The highest BCUT2D eigenvalue weighted by molar-refractivity contribution is 6.32. The Bertz CT molecular complexity index is 665. The van der Waals surface area contributed by atoms with Crippen LogP contribution >= 0.6 is 23.2 Å². The van der Waals surface area contributed by atoms with Crippen LogP contribution in [0.15, 0.2) is 18.2 Å². The van der Waals surface area contributed by atoms with Gasteiger partial charge in [0.2, 0.25) is 0 Å². The molecule has 0 atom stereocenters. The Morgan fingerprint density at radius 3 is 2.55 bits per heavy atom. The van der Waals surface area contributed by atoms with Crippen molar-refractivity contribution in [2.75, 3.05) is 7.11 Å². The van der Waals surface area contributed by atoms with E-state index >= 15 is 0 Å². The average Bonchev–Trinajstić information content (AvgIpc) is 2.66. The van der Waals surface area contributed by atoms with E-state index in [1.54, 1.807) is 29.8 Å². The number of ketones is 1. The molecule has 6 heteroatoms. The molecule has 4 nitrogen and oxygen atoms in total. The van der Waals surface area contributed by atoms with Gasteiger partial charge < -0.3 is 4.74 Å². The number of halogens is 2. The number of hydrogen-bond acceptors (Lipinski definition) is 3. The van der Waals surface area contributed by atoms with Gasteiger partial charge in [-0.1, -0.05) is 23.2 Å². The monoisotopic (exact) mass is 312 g/mol. The molecule has 0 saturated carbocycles. The molecular formula is C14H14Cl2N2O2. The Morgan fingerprint density at radius 2 is 2.05 bits per heavy atom. The van der Waals surface area contributed by atoms with E-state index in [4.69, 9.17) is 27.9 Å². The van der Waals surface area contributed by atoms with Crippen molar-refractivity contribution in [3.8, 4) is 5.75 Å². The number of nitrogens with zero attached hydrogens (tertiary/aromatic N) is 2. The van der Waals surface area contributed by atoms with Crippen molar-refractivity contribution in [3.63, 3.8) is 0 Å². The van der Waals surface area contributed by atoms with E-state index in [0.29, 0.717) is 27.1 Å². The van der Waals surface area contributed by atoms with Crippen LogP contribution < -0.4 is 4.74 Å². The number of aryl methyl sites for hydroxylation is 1. The van der Waals surface area contributed by atoms with Crippen LogP contribution in [0.5, 0.6) is 5.75 Å². The van der Waals surface area contributed by atoms with Gasteiger partial charge in [0.15, 0.2) is 5.78 Å². The van der Waals surface area contributed by atoms with E-state index < -0.39 is 0 Å². The zero-order chi connectivity index (χ0) is 14.9. The molecule has 0 aliphatic rings. The van der Waals surface area contributed by atoms with Crippen LogP contribution in [0, 0.1) is 13.8 Å². The number of ether oxygens (including phenoxy) is 1. The van der Waals surface area contributed by atoms with Crippen LogP contribution in [-0.4, -0.2) is 22.7 Å². The molecule has 0 N–H and O–H groups in total. The van der Waals surface area contributed by atoms with Crippen LogP contribution in [0.1, 0.15) is 21.7 Å². The summed E-state index contributed by atoms with van der Waals surface area (Å²) in [5.41, 5.74) is 2.00. The van der Waals surface area contributed by atoms with Crippen LogP contribution in [0.2, 0.25) is 10.0 Å². The third kappa shape index (κ3) is 2.81. The van der Waals surface area contributed by atoms with Gasteiger partial charge in [-0.2, -0.15) is 5.10 Å². The SMILES string of the molecule is COc1ccc(C(=O)Cn2nc(C)c(Cl)c2C)cc1Cl. The number of carbonyl (C=O) groups excluding carboxylic acids is 1. The minimum absolute atomic E-state index is 0.0863. The smallest absolute Gasteiger partial charge is 0.184 e. The summed E-state index contributed by atoms with van der Waals surface area (Å²) < 4.78 is 6.65. The Balaban J connectivity index is 2.24. The highest BCUT2D eigenvalue weighted by Gasteiger charge is 2.14. The molecule has 0 aliphatic carbocycles. The largest absolute Gasteiger partial charge is 0.495 e. The van der Waals surface area contributed by atoms with Crippen LogP contribution in [0.25, 0.3) is 0 Å². The van der Waals surface area contributed by atoms with E-state index in [9.17, 15) is 4.79 Å². The molecule has 0 unspecified atom stereocenters. The molecule has 0 bridgehead atoms. The fourth-order valence-corrected chi connectivity index (χ4v) is 2.29. The quantitative estimate of drug-likeness (QED) is 0.809. The summed E-state index contributed by atoms with van der Waals surface area (Å²) in [4.78, 5) is 12.2. The molecule has 0 aliphatic heterocycles. The van der Waals surface area contributed by atoms with E-state index in [2.05, 4.69) is 5.10 Å². The summed E-state index contributed by atoms with van der Waals surface area (Å²) in [7, 11) is 1.53. The fourth-order valence-electron chi connectivity index (χ4n) is 1.90. The van der Waals surface area contributed by atoms with Crippen molar-refractivity contribution in [2.45, 2.75) is 20.4 Å². The Hall–Kier alpha value is -1.52. The van der Waals surface area contributed by atoms with E-state index in [1.807, 2.05) is 6.92 Å². The zero-order valence-electron chi connectivity index (χ0n) is 11.4. The number of methoxy groups -OCH3 is 1. The molecule has 20 heavy (non-hydrogen) atoms. The number of hydrogen-bond donors (Lipinski definition) is 0. The van der Waals surface area contributed by atoms with E-state index in [-0.39, 0.29) is 12.3 Å². The van der Waals surface area contributed by atoms with Crippen LogP contribution in [-0.2, 0) is 6.54 Å². The minimum atomic E-state index is -0.0863. The second kappa shape index (κ2) is 5.85. The van der Waals surface area contributed by atoms with Crippen LogP contribution in [0.3, 0.4) is 0 Å². The first-order valence-corrected chi connectivity index (χ1v) is 6.76. The van der Waals surface area contributed by atoms with Gasteiger partial charge >= 0.3 is 0 Å². The van der Waals surface area contributed by atoms with Crippen molar-refractivity contribution in [1.29, 1.82) is 0 Å². The van der Waals surface area contributed by atoms with Gasteiger partial charge in [0.25, 0.3) is 0 Å². The third-order valence-corrected chi connectivity index (χ3v) is 3.90. The highest BCUT2D eigenvalue weighted by Crippen LogP contribution is 2.25. The second-order valence-electron chi connectivity index (χ2n) is 4.41. The van der Waals surface area contributed by atoms with Crippen molar-refractivity contribution >= 4 is 29.0 Å². The molecule has 1 heterocycles. The summed E-state index contributed by atoms with van der Waals surface area (Å²) in [5.74, 6) is 0.453. The molecule has 1 aromatic heterocycles. The van der Waals surface area contributed by atoms with Gasteiger partial charge in [-0.3, -0.25) is 9.48 Å². The number of rotatable bonds is 4. The number of Topliss-reactive ketones (excluding diaryl/α,β-unsaturated/α-hetero) is 1. The van der Waals surface area contributed by atoms with Gasteiger partial charge in [0, 0.05) is 5.56 Å². The van der Waals surface area contributed by atoms with Gasteiger partial charge in [0.05, 0.1) is 28.5 Å². The first-order valence-electron chi connectivity index (χ1n) is 6.00. The van der Waals surface area contributed by atoms with Crippen LogP contribution in [0.4, 0.5) is 0 Å². The van der Waals surface area contributed by atoms with Crippen molar-refractivity contribution in [3.05, 3.63) is 45.2 Å². The lowest BCUT2D eigenvalue weighted by molar-refractivity contribution is 0.0966. The first-order chi connectivity index (χ1) is 9.43. The molecule has 106 valence electrons. The lowest BCUT2D eigenvalue weighted by Gasteiger charge is -2.07. The van der Waals surface area contributed by atoms with Gasteiger partial charge in [0.1, 0.15) is 12.3 Å². The minimum Gasteiger partial charge on any atom is -0.495 e. The van der Waals surface area contributed by atoms with Gasteiger partial charge in [-0.05, 0) is 32.0 Å². The normalized spacial score (nSPS) is 10.7. The maximum Gasteiger partial charge on any atom is 0.184 e. The summed E-state index contributed by atoms with van der Waals surface area (Å²) in [6.07, 6.45) is 0. The fraction of sp³-hybridized carbons (Fsp3) is 0.286. The Labute approximate surface area is 127 Å². The van der Waals surface area contributed by atoms with E-state index in [0.717, 1.165) is 5.69 Å². The number of benzene rings is 1. The molecule has 2 rings (SSSR count). The van der Waals surface area contributed by atoms with Gasteiger partial charge in [-0.25, -0.2) is 0 Å². The summed E-state index contributed by atoms with van der Waals surface area (Å²) in [6, 6.07) is 4.94. The topological polar surface area (TPSA) is 44.1 Å². The number of aromatic nitrogens is 2. The number of carbonyl (C=O) groups is 1. The molecule has 0 saturated heterocycles. The van der Waals surface area contributed by atoms with Crippen molar-refractivity contribution in [2.24, 2.45) is 0 Å². The zero-order valence-corrected chi connectivity index (χ0v) is 12.9. The van der Waals surface area contributed by atoms with Crippen molar-refractivity contribution < 1.29 is 9.53 Å². The standard InChI is InChI=1S/C14H14Cl2N2O2/c1-8-14(16)9(2)18(17-8)7-12(19)10-4-5-13(20-3)11(15)6-10/h4-6H,7H2,1-3H3. The summed E-state index contributed by atoms with van der Waals surface area (Å²) >= 11 is 12.1. The maximum absolute atomic E-state index is 12.2. The molecule has 0 spiro atoms. The lowest BCUT2D eigenvalue weighted by Crippen LogP contribution is -2.13. The molecule has 0 radical (unpaired) electrons. The highest BCUT2D eigenvalue weighted by atomic mass is 35.5.